The van der Waals surface area contributed by atoms with E-state index in [0.29, 0.717) is 6.42 Å². The van der Waals surface area contributed by atoms with E-state index in [1.165, 1.54) is 0 Å². The minimum Gasteiger partial charge on any atom is -0.326 e. The van der Waals surface area contributed by atoms with Gasteiger partial charge in [-0.1, -0.05) is 13.3 Å². The first-order valence-electron chi connectivity index (χ1n) is 6.65. The predicted octanol–water partition coefficient (Wildman–Crippen LogP) is 3.41. The van der Waals surface area contributed by atoms with E-state index in [9.17, 15) is 9.59 Å². The lowest BCUT2D eigenvalue weighted by Crippen LogP contribution is -2.11. The van der Waals surface area contributed by atoms with Crippen LogP contribution in [0.4, 0.5) is 5.69 Å². The molecule has 0 aromatic heterocycles. The number of amides is 1. The Balaban J connectivity index is 1.90. The van der Waals surface area contributed by atoms with E-state index in [-0.39, 0.29) is 17.6 Å². The monoisotopic (exact) mass is 245 g/mol. The van der Waals surface area contributed by atoms with Crippen LogP contribution in [-0.2, 0) is 4.79 Å². The third kappa shape index (κ3) is 3.42. The summed E-state index contributed by atoms with van der Waals surface area (Å²) in [5.41, 5.74) is 1.52. The highest BCUT2D eigenvalue weighted by Crippen LogP contribution is 2.32. The second-order valence-electron chi connectivity index (χ2n) is 4.87. The molecule has 1 saturated carbocycles. The van der Waals surface area contributed by atoms with E-state index >= 15 is 0 Å². The summed E-state index contributed by atoms with van der Waals surface area (Å²) in [6.07, 6.45) is 4.52. The van der Waals surface area contributed by atoms with E-state index in [0.717, 1.165) is 36.9 Å². The molecule has 3 nitrogen and oxygen atoms in total. The van der Waals surface area contributed by atoms with Crippen LogP contribution >= 0.6 is 0 Å². The van der Waals surface area contributed by atoms with Crippen LogP contribution in [0.1, 0.15) is 49.4 Å². The van der Waals surface area contributed by atoms with E-state index in [4.69, 9.17) is 0 Å². The number of carbonyl (C=O) groups is 2. The topological polar surface area (TPSA) is 46.2 Å². The Hall–Kier alpha value is -1.64. The number of ketones is 1. The van der Waals surface area contributed by atoms with Crippen molar-refractivity contribution >= 4 is 17.4 Å². The molecule has 2 rings (SSSR count). The van der Waals surface area contributed by atoms with Gasteiger partial charge in [-0.25, -0.2) is 0 Å². The number of hydrogen-bond acceptors (Lipinski definition) is 2. The maximum atomic E-state index is 11.8. The first-order valence-corrected chi connectivity index (χ1v) is 6.65. The Kier molecular flexibility index (Phi) is 4.13. The molecular formula is C15H19NO2. The van der Waals surface area contributed by atoms with E-state index in [1.54, 1.807) is 24.3 Å². The minimum atomic E-state index is 0.0399. The average Bonchev–Trinajstić information content (AvgIpc) is 3.21. The Morgan fingerprint density at radius 2 is 1.89 bits per heavy atom. The first kappa shape index (κ1) is 12.8. The van der Waals surface area contributed by atoms with Gasteiger partial charge in [0.05, 0.1) is 0 Å². The van der Waals surface area contributed by atoms with E-state index < -0.39 is 0 Å². The summed E-state index contributed by atoms with van der Waals surface area (Å²) in [5.74, 6) is 0.520. The fourth-order valence-electron chi connectivity index (χ4n) is 1.86. The summed E-state index contributed by atoms with van der Waals surface area (Å²) in [7, 11) is 0. The molecule has 0 atom stereocenters. The summed E-state index contributed by atoms with van der Waals surface area (Å²) >= 11 is 0. The van der Waals surface area contributed by atoms with Gasteiger partial charge in [0, 0.05) is 23.6 Å². The van der Waals surface area contributed by atoms with Crippen molar-refractivity contribution in [1.82, 2.24) is 0 Å². The van der Waals surface area contributed by atoms with Gasteiger partial charge in [0.25, 0.3) is 0 Å². The summed E-state index contributed by atoms with van der Waals surface area (Å²) in [6.45, 7) is 2.06. The molecule has 1 aliphatic carbocycles. The maximum absolute atomic E-state index is 11.8. The van der Waals surface area contributed by atoms with Crippen LogP contribution in [0, 0.1) is 5.92 Å². The zero-order chi connectivity index (χ0) is 13.0. The number of nitrogens with one attached hydrogen (secondary N) is 1. The molecule has 3 heteroatoms. The smallest absolute Gasteiger partial charge is 0.224 e. The number of unbranched alkanes of at least 4 members (excludes halogenated alkanes) is 1. The molecule has 96 valence electrons. The molecule has 1 N–H and O–H groups in total. The zero-order valence-corrected chi connectivity index (χ0v) is 10.7. The van der Waals surface area contributed by atoms with Crippen molar-refractivity contribution in [3.05, 3.63) is 29.8 Å². The van der Waals surface area contributed by atoms with Crippen molar-refractivity contribution < 1.29 is 9.59 Å². The van der Waals surface area contributed by atoms with Gasteiger partial charge in [0.15, 0.2) is 5.78 Å². The van der Waals surface area contributed by atoms with E-state index in [1.807, 2.05) is 0 Å². The molecule has 0 spiro atoms. The highest BCUT2D eigenvalue weighted by Gasteiger charge is 2.30. The summed E-state index contributed by atoms with van der Waals surface area (Å²) < 4.78 is 0. The largest absolute Gasteiger partial charge is 0.326 e. The number of anilines is 1. The van der Waals surface area contributed by atoms with Crippen molar-refractivity contribution in [2.24, 2.45) is 5.92 Å². The van der Waals surface area contributed by atoms with Crippen LogP contribution < -0.4 is 5.32 Å². The quantitative estimate of drug-likeness (QED) is 0.781. The van der Waals surface area contributed by atoms with Crippen molar-refractivity contribution in [3.63, 3.8) is 0 Å². The predicted molar refractivity (Wildman–Crippen MR) is 71.7 cm³/mol. The highest BCUT2D eigenvalue weighted by molar-refractivity contribution is 6.00. The molecule has 1 aliphatic rings. The van der Waals surface area contributed by atoms with Gasteiger partial charge in [0.1, 0.15) is 0 Å². The van der Waals surface area contributed by atoms with Gasteiger partial charge in [0.2, 0.25) is 5.91 Å². The summed E-state index contributed by atoms with van der Waals surface area (Å²) in [5, 5.41) is 2.84. The molecule has 1 amide bonds. The maximum Gasteiger partial charge on any atom is 0.224 e. The molecule has 0 unspecified atom stereocenters. The number of Topliss-reactive ketones (excluding diaryl/α,β-unsaturated/α-hetero) is 1. The molecule has 0 heterocycles. The number of rotatable bonds is 6. The molecule has 0 radical (unpaired) electrons. The Labute approximate surface area is 108 Å². The normalized spacial score (nSPS) is 14.3. The van der Waals surface area contributed by atoms with Gasteiger partial charge >= 0.3 is 0 Å². The molecule has 0 bridgehead atoms. The lowest BCUT2D eigenvalue weighted by molar-refractivity contribution is -0.116. The lowest BCUT2D eigenvalue weighted by Gasteiger charge is -2.05. The van der Waals surface area contributed by atoms with Gasteiger partial charge in [-0.05, 0) is 43.5 Å². The van der Waals surface area contributed by atoms with Crippen molar-refractivity contribution in [3.8, 4) is 0 Å². The third-order valence-electron chi connectivity index (χ3n) is 3.16. The van der Waals surface area contributed by atoms with Crippen LogP contribution in [-0.4, -0.2) is 11.7 Å². The molecule has 1 fully saturated rings. The first-order chi connectivity index (χ1) is 8.70. The number of hydrogen-bond donors (Lipinski definition) is 1. The number of carbonyl (C=O) groups excluding carboxylic acids is 2. The van der Waals surface area contributed by atoms with Crippen molar-refractivity contribution in [1.29, 1.82) is 0 Å². The van der Waals surface area contributed by atoms with Crippen LogP contribution in [0.15, 0.2) is 24.3 Å². The second-order valence-corrected chi connectivity index (χ2v) is 4.87. The molecule has 0 saturated heterocycles. The van der Waals surface area contributed by atoms with Gasteiger partial charge in [-0.3, -0.25) is 9.59 Å². The zero-order valence-electron chi connectivity index (χ0n) is 10.7. The summed E-state index contributed by atoms with van der Waals surface area (Å²) in [4.78, 5) is 23.3. The Bertz CT molecular complexity index is 432. The van der Waals surface area contributed by atoms with Crippen LogP contribution in [0.3, 0.4) is 0 Å². The number of benzene rings is 1. The van der Waals surface area contributed by atoms with Crippen molar-refractivity contribution in [2.75, 3.05) is 5.32 Å². The molecule has 1 aromatic rings. The minimum absolute atomic E-state index is 0.0399. The van der Waals surface area contributed by atoms with Gasteiger partial charge in [-0.2, -0.15) is 0 Å². The van der Waals surface area contributed by atoms with Crippen molar-refractivity contribution in [2.45, 2.75) is 39.0 Å². The van der Waals surface area contributed by atoms with Crippen LogP contribution in [0.2, 0.25) is 0 Å². The Morgan fingerprint density at radius 1 is 1.22 bits per heavy atom. The Morgan fingerprint density at radius 3 is 2.44 bits per heavy atom. The standard InChI is InChI=1S/C15H19NO2/c1-2-3-4-14(17)16-13-9-7-12(8-10-13)15(18)11-5-6-11/h7-11H,2-6H2,1H3,(H,16,17). The van der Waals surface area contributed by atoms with Gasteiger partial charge in [-0.15, -0.1) is 0 Å². The fraction of sp³-hybridized carbons (Fsp3) is 0.467. The molecular weight excluding hydrogens is 226 g/mol. The SMILES string of the molecule is CCCCC(=O)Nc1ccc(C(=O)C2CC2)cc1. The second kappa shape index (κ2) is 5.80. The van der Waals surface area contributed by atoms with Crippen LogP contribution in [0.5, 0.6) is 0 Å². The lowest BCUT2D eigenvalue weighted by atomic mass is 10.1. The average molecular weight is 245 g/mol. The highest BCUT2D eigenvalue weighted by atomic mass is 16.1. The third-order valence-corrected chi connectivity index (χ3v) is 3.16. The summed E-state index contributed by atoms with van der Waals surface area (Å²) in [6, 6.07) is 7.21. The van der Waals surface area contributed by atoms with Gasteiger partial charge < -0.3 is 5.32 Å². The van der Waals surface area contributed by atoms with Crippen LogP contribution in [0.25, 0.3) is 0 Å². The van der Waals surface area contributed by atoms with E-state index in [2.05, 4.69) is 12.2 Å². The fourth-order valence-corrected chi connectivity index (χ4v) is 1.86. The molecule has 0 aliphatic heterocycles. The molecule has 1 aromatic carbocycles. The molecule has 18 heavy (non-hydrogen) atoms.